The number of nitriles is 1. The third-order valence-electron chi connectivity index (χ3n) is 3.88. The van der Waals surface area contributed by atoms with Gasteiger partial charge in [-0.25, -0.2) is 8.42 Å². The maximum atomic E-state index is 12.2. The Kier molecular flexibility index (Phi) is 5.19. The topological polar surface area (TPSA) is 109 Å². The van der Waals surface area contributed by atoms with Crippen molar-refractivity contribution in [3.05, 3.63) is 48.0 Å². The van der Waals surface area contributed by atoms with Crippen LogP contribution in [0.5, 0.6) is 11.5 Å². The van der Waals surface area contributed by atoms with Gasteiger partial charge in [0, 0.05) is 24.7 Å². The van der Waals surface area contributed by atoms with E-state index in [4.69, 9.17) is 14.7 Å². The largest absolute Gasteiger partial charge is 0.454 e. The van der Waals surface area contributed by atoms with Gasteiger partial charge < -0.3 is 14.8 Å². The van der Waals surface area contributed by atoms with Crippen LogP contribution in [0.1, 0.15) is 12.0 Å². The third kappa shape index (κ3) is 4.48. The zero-order valence-electron chi connectivity index (χ0n) is 14.5. The van der Waals surface area contributed by atoms with Crippen molar-refractivity contribution in [3.63, 3.8) is 0 Å². The average Bonchev–Trinajstić information content (AvgIpc) is 3.09. The fourth-order valence-electron chi connectivity index (χ4n) is 2.59. The van der Waals surface area contributed by atoms with Crippen LogP contribution in [0.2, 0.25) is 0 Å². The third-order valence-corrected chi connectivity index (χ3v) is 5.08. The van der Waals surface area contributed by atoms with Gasteiger partial charge in [0.05, 0.1) is 23.6 Å². The molecule has 1 aliphatic heterocycles. The monoisotopic (exact) mass is 387 g/mol. The molecule has 3 rings (SSSR count). The van der Waals surface area contributed by atoms with Crippen molar-refractivity contribution in [2.75, 3.05) is 29.2 Å². The van der Waals surface area contributed by atoms with E-state index < -0.39 is 10.0 Å². The first-order chi connectivity index (χ1) is 12.9. The molecule has 1 aliphatic rings. The Bertz CT molecular complexity index is 997. The number of anilines is 2. The van der Waals surface area contributed by atoms with Gasteiger partial charge in [0.25, 0.3) is 0 Å². The summed E-state index contributed by atoms with van der Waals surface area (Å²) in [5.74, 6) is 0.816. The number of carbonyl (C=O) groups excluding carboxylic acids is 1. The lowest BCUT2D eigenvalue weighted by molar-refractivity contribution is -0.116. The lowest BCUT2D eigenvalue weighted by Gasteiger charge is -2.22. The number of amides is 1. The Morgan fingerprint density at radius 3 is 2.56 bits per heavy atom. The smallest absolute Gasteiger partial charge is 0.232 e. The molecule has 1 amide bonds. The van der Waals surface area contributed by atoms with E-state index in [-0.39, 0.29) is 25.7 Å². The second-order valence-corrected chi connectivity index (χ2v) is 7.77. The molecule has 2 aromatic carbocycles. The number of nitrogens with one attached hydrogen (secondary N) is 1. The molecule has 9 heteroatoms. The molecule has 0 fully saturated rings. The van der Waals surface area contributed by atoms with E-state index in [1.807, 2.05) is 6.07 Å². The van der Waals surface area contributed by atoms with E-state index in [0.717, 1.165) is 10.6 Å². The Balaban J connectivity index is 1.66. The summed E-state index contributed by atoms with van der Waals surface area (Å²) in [5.41, 5.74) is 1.36. The van der Waals surface area contributed by atoms with Crippen LogP contribution >= 0.6 is 0 Å². The molecular weight excluding hydrogens is 370 g/mol. The van der Waals surface area contributed by atoms with Gasteiger partial charge in [0.1, 0.15) is 0 Å². The second kappa shape index (κ2) is 7.55. The average molecular weight is 387 g/mol. The molecular formula is C18H17N3O5S. The number of ether oxygens (including phenoxy) is 2. The maximum absolute atomic E-state index is 12.2. The highest BCUT2D eigenvalue weighted by Crippen LogP contribution is 2.34. The molecule has 0 saturated carbocycles. The number of sulfonamides is 1. The predicted molar refractivity (Wildman–Crippen MR) is 99.2 cm³/mol. The van der Waals surface area contributed by atoms with Crippen molar-refractivity contribution in [3.8, 4) is 17.6 Å². The minimum Gasteiger partial charge on any atom is -0.454 e. The quantitative estimate of drug-likeness (QED) is 0.813. The Morgan fingerprint density at radius 2 is 1.89 bits per heavy atom. The highest BCUT2D eigenvalue weighted by Gasteiger charge is 2.19. The number of benzene rings is 2. The van der Waals surface area contributed by atoms with Gasteiger partial charge >= 0.3 is 0 Å². The summed E-state index contributed by atoms with van der Waals surface area (Å²) < 4.78 is 35.8. The first-order valence-electron chi connectivity index (χ1n) is 8.04. The van der Waals surface area contributed by atoms with Crippen LogP contribution in [0.4, 0.5) is 11.4 Å². The van der Waals surface area contributed by atoms with Gasteiger partial charge in [0.2, 0.25) is 22.7 Å². The Morgan fingerprint density at radius 1 is 1.19 bits per heavy atom. The van der Waals surface area contributed by atoms with Gasteiger partial charge in [-0.3, -0.25) is 9.10 Å². The van der Waals surface area contributed by atoms with Crippen molar-refractivity contribution in [1.29, 1.82) is 5.26 Å². The molecule has 0 atom stereocenters. The lowest BCUT2D eigenvalue weighted by Crippen LogP contribution is -2.33. The Hall–Kier alpha value is -3.25. The van der Waals surface area contributed by atoms with Crippen LogP contribution in [-0.4, -0.2) is 33.9 Å². The summed E-state index contributed by atoms with van der Waals surface area (Å²) in [6.07, 6.45) is 1.03. The SMILES string of the molecule is CS(=O)(=O)N(CCC(=O)Nc1ccc2c(c1)OCO2)c1ccc(C#N)cc1. The minimum atomic E-state index is -3.58. The van der Waals surface area contributed by atoms with Gasteiger partial charge in [-0.2, -0.15) is 5.26 Å². The first kappa shape index (κ1) is 18.5. The molecule has 0 radical (unpaired) electrons. The van der Waals surface area contributed by atoms with Crippen LogP contribution < -0.4 is 19.1 Å². The standard InChI is InChI=1S/C18H17N3O5S/c1-27(23,24)21(15-5-2-13(11-19)3-6-15)9-8-18(22)20-14-4-7-16-17(10-14)26-12-25-16/h2-7,10H,8-9,12H2,1H3,(H,20,22). The van der Waals surface area contributed by atoms with E-state index in [1.165, 1.54) is 24.3 Å². The molecule has 27 heavy (non-hydrogen) atoms. The summed E-state index contributed by atoms with van der Waals surface area (Å²) in [6.45, 7) is 0.113. The molecule has 0 spiro atoms. The maximum Gasteiger partial charge on any atom is 0.232 e. The van der Waals surface area contributed by atoms with Crippen molar-refractivity contribution in [2.24, 2.45) is 0 Å². The summed E-state index contributed by atoms with van der Waals surface area (Å²) in [6, 6.07) is 13.1. The molecule has 0 unspecified atom stereocenters. The van der Waals surface area contributed by atoms with Gasteiger partial charge in [0.15, 0.2) is 11.5 Å². The molecule has 1 N–H and O–H groups in total. The van der Waals surface area contributed by atoms with Crippen LogP contribution in [0.15, 0.2) is 42.5 Å². The van der Waals surface area contributed by atoms with Crippen LogP contribution in [0.25, 0.3) is 0 Å². The molecule has 0 aliphatic carbocycles. The van der Waals surface area contributed by atoms with Crippen molar-refractivity contribution < 1.29 is 22.7 Å². The molecule has 2 aromatic rings. The van der Waals surface area contributed by atoms with Gasteiger partial charge in [-0.15, -0.1) is 0 Å². The summed E-state index contributed by atoms with van der Waals surface area (Å²) >= 11 is 0. The van der Waals surface area contributed by atoms with Crippen molar-refractivity contribution in [2.45, 2.75) is 6.42 Å². The van der Waals surface area contributed by atoms with Crippen molar-refractivity contribution in [1.82, 2.24) is 0 Å². The van der Waals surface area contributed by atoms with E-state index >= 15 is 0 Å². The molecule has 0 bridgehead atoms. The summed E-state index contributed by atoms with van der Waals surface area (Å²) in [4.78, 5) is 12.2. The van der Waals surface area contributed by atoms with Crippen LogP contribution in [-0.2, 0) is 14.8 Å². The zero-order chi connectivity index (χ0) is 19.4. The first-order valence-corrected chi connectivity index (χ1v) is 9.89. The predicted octanol–water partition coefficient (Wildman–Crippen LogP) is 2.08. The molecule has 140 valence electrons. The number of carbonyl (C=O) groups is 1. The molecule has 0 aromatic heterocycles. The number of hydrogen-bond donors (Lipinski definition) is 1. The van der Waals surface area contributed by atoms with E-state index in [2.05, 4.69) is 5.32 Å². The van der Waals surface area contributed by atoms with E-state index in [1.54, 1.807) is 18.2 Å². The number of nitrogens with zero attached hydrogens (tertiary/aromatic N) is 2. The van der Waals surface area contributed by atoms with Crippen molar-refractivity contribution >= 4 is 27.3 Å². The molecule has 8 nitrogen and oxygen atoms in total. The summed E-state index contributed by atoms with van der Waals surface area (Å²) in [5, 5.41) is 11.6. The summed E-state index contributed by atoms with van der Waals surface area (Å²) in [7, 11) is -3.58. The highest BCUT2D eigenvalue weighted by molar-refractivity contribution is 7.92. The molecule has 0 saturated heterocycles. The number of hydrogen-bond acceptors (Lipinski definition) is 6. The van der Waals surface area contributed by atoms with Gasteiger partial charge in [-0.1, -0.05) is 0 Å². The fraction of sp³-hybridized carbons (Fsp3) is 0.222. The lowest BCUT2D eigenvalue weighted by atomic mass is 10.2. The van der Waals surface area contributed by atoms with Crippen LogP contribution in [0.3, 0.4) is 0 Å². The fourth-order valence-corrected chi connectivity index (χ4v) is 3.52. The Labute approximate surface area is 157 Å². The second-order valence-electron chi connectivity index (χ2n) is 5.86. The van der Waals surface area contributed by atoms with Gasteiger partial charge in [-0.05, 0) is 36.4 Å². The minimum absolute atomic E-state index is 0.0267. The zero-order valence-corrected chi connectivity index (χ0v) is 15.3. The number of rotatable bonds is 6. The van der Waals surface area contributed by atoms with Crippen LogP contribution in [0, 0.1) is 11.3 Å². The van der Waals surface area contributed by atoms with E-state index in [9.17, 15) is 13.2 Å². The number of fused-ring (bicyclic) bond motifs is 1. The molecule has 1 heterocycles. The normalized spacial score (nSPS) is 12.3. The van der Waals surface area contributed by atoms with E-state index in [0.29, 0.717) is 28.4 Å². The highest BCUT2D eigenvalue weighted by atomic mass is 32.2.